The van der Waals surface area contributed by atoms with Crippen LogP contribution < -0.4 is 10.1 Å². The summed E-state index contributed by atoms with van der Waals surface area (Å²) in [6, 6.07) is 14.7. The van der Waals surface area contributed by atoms with E-state index in [9.17, 15) is 4.79 Å². The molecule has 0 aliphatic carbocycles. The van der Waals surface area contributed by atoms with Crippen LogP contribution in [0.2, 0.25) is 0 Å². The standard InChI is InChI=1S/C16H16INO3/c1-20-9-10-21-15-4-2-3-14(11-15)18-16(19)12-5-7-13(17)8-6-12/h2-8,11H,9-10H2,1H3,(H,18,19). The number of nitrogens with one attached hydrogen (secondary N) is 1. The summed E-state index contributed by atoms with van der Waals surface area (Å²) < 4.78 is 11.5. The highest BCUT2D eigenvalue weighted by molar-refractivity contribution is 14.1. The molecule has 0 radical (unpaired) electrons. The van der Waals surface area contributed by atoms with Crippen molar-refractivity contribution in [1.82, 2.24) is 0 Å². The predicted molar refractivity (Wildman–Crippen MR) is 90.9 cm³/mol. The van der Waals surface area contributed by atoms with Crippen molar-refractivity contribution < 1.29 is 14.3 Å². The highest BCUT2D eigenvalue weighted by Crippen LogP contribution is 2.18. The van der Waals surface area contributed by atoms with Gasteiger partial charge in [-0.1, -0.05) is 6.07 Å². The second-order valence-corrected chi connectivity index (χ2v) is 5.58. The van der Waals surface area contributed by atoms with Crippen LogP contribution in [-0.2, 0) is 4.74 Å². The molecule has 1 N–H and O–H groups in total. The highest BCUT2D eigenvalue weighted by atomic mass is 127. The number of halogens is 1. The summed E-state index contributed by atoms with van der Waals surface area (Å²) in [6.07, 6.45) is 0. The Morgan fingerprint density at radius 2 is 1.90 bits per heavy atom. The topological polar surface area (TPSA) is 47.6 Å². The average Bonchev–Trinajstić information content (AvgIpc) is 2.48. The van der Waals surface area contributed by atoms with Crippen LogP contribution >= 0.6 is 22.6 Å². The molecule has 0 fully saturated rings. The zero-order valence-electron chi connectivity index (χ0n) is 11.6. The lowest BCUT2D eigenvalue weighted by atomic mass is 10.2. The van der Waals surface area contributed by atoms with Crippen molar-refractivity contribution in [3.63, 3.8) is 0 Å². The number of carbonyl (C=O) groups excluding carboxylic acids is 1. The molecule has 0 atom stereocenters. The normalized spacial score (nSPS) is 10.2. The molecule has 0 bridgehead atoms. The molecule has 21 heavy (non-hydrogen) atoms. The van der Waals surface area contributed by atoms with Crippen LogP contribution in [0.5, 0.6) is 5.75 Å². The number of carbonyl (C=O) groups is 1. The van der Waals surface area contributed by atoms with Gasteiger partial charge in [0.05, 0.1) is 6.61 Å². The Morgan fingerprint density at radius 3 is 2.62 bits per heavy atom. The second-order valence-electron chi connectivity index (χ2n) is 4.33. The number of rotatable bonds is 6. The van der Waals surface area contributed by atoms with Crippen molar-refractivity contribution in [1.29, 1.82) is 0 Å². The van der Waals surface area contributed by atoms with E-state index >= 15 is 0 Å². The van der Waals surface area contributed by atoms with Crippen LogP contribution in [0.1, 0.15) is 10.4 Å². The Bertz CT molecular complexity index is 599. The molecule has 0 spiro atoms. The molecule has 2 aromatic carbocycles. The summed E-state index contributed by atoms with van der Waals surface area (Å²) in [4.78, 5) is 12.1. The van der Waals surface area contributed by atoms with Crippen molar-refractivity contribution >= 4 is 34.2 Å². The van der Waals surface area contributed by atoms with Gasteiger partial charge in [0.1, 0.15) is 12.4 Å². The van der Waals surface area contributed by atoms with Gasteiger partial charge in [0.25, 0.3) is 5.91 Å². The van der Waals surface area contributed by atoms with Gasteiger partial charge in [0.15, 0.2) is 0 Å². The Balaban J connectivity index is 2.00. The number of amides is 1. The summed E-state index contributed by atoms with van der Waals surface area (Å²) in [7, 11) is 1.63. The van der Waals surface area contributed by atoms with Crippen LogP contribution in [0, 0.1) is 3.57 Å². The van der Waals surface area contributed by atoms with Crippen molar-refractivity contribution in [2.24, 2.45) is 0 Å². The molecule has 0 aliphatic heterocycles. The van der Waals surface area contributed by atoms with E-state index in [2.05, 4.69) is 27.9 Å². The zero-order chi connectivity index (χ0) is 15.1. The lowest BCUT2D eigenvalue weighted by Gasteiger charge is -2.09. The summed E-state index contributed by atoms with van der Waals surface area (Å²) in [5.41, 5.74) is 1.33. The van der Waals surface area contributed by atoms with Gasteiger partial charge in [-0.2, -0.15) is 0 Å². The molecule has 0 saturated heterocycles. The van der Waals surface area contributed by atoms with Gasteiger partial charge in [-0.3, -0.25) is 4.79 Å². The van der Waals surface area contributed by atoms with Crippen molar-refractivity contribution in [3.8, 4) is 5.75 Å². The molecule has 4 nitrogen and oxygen atoms in total. The quantitative estimate of drug-likeness (QED) is 0.599. The molecule has 0 saturated carbocycles. The zero-order valence-corrected chi connectivity index (χ0v) is 13.8. The summed E-state index contributed by atoms with van der Waals surface area (Å²) >= 11 is 2.21. The van der Waals surface area contributed by atoms with E-state index in [1.54, 1.807) is 25.3 Å². The Hall–Kier alpha value is -1.60. The highest BCUT2D eigenvalue weighted by Gasteiger charge is 2.06. The van der Waals surface area contributed by atoms with Gasteiger partial charge < -0.3 is 14.8 Å². The Kier molecular flexibility index (Phi) is 6.01. The van der Waals surface area contributed by atoms with Gasteiger partial charge in [-0.05, 0) is 59.0 Å². The average molecular weight is 397 g/mol. The van der Waals surface area contributed by atoms with E-state index in [1.807, 2.05) is 30.3 Å². The molecule has 0 aliphatic rings. The van der Waals surface area contributed by atoms with Crippen LogP contribution in [0.15, 0.2) is 48.5 Å². The number of hydrogen-bond donors (Lipinski definition) is 1. The fourth-order valence-corrected chi connectivity index (χ4v) is 2.07. The number of methoxy groups -OCH3 is 1. The van der Waals surface area contributed by atoms with Crippen LogP contribution in [0.4, 0.5) is 5.69 Å². The third kappa shape index (κ3) is 5.02. The molecule has 0 unspecified atom stereocenters. The summed E-state index contributed by atoms with van der Waals surface area (Å²) in [6.45, 7) is 1.00. The second kappa shape index (κ2) is 7.99. The molecular formula is C16H16INO3. The Morgan fingerprint density at radius 1 is 1.14 bits per heavy atom. The van der Waals surface area contributed by atoms with E-state index in [0.29, 0.717) is 30.2 Å². The Labute approximate surface area is 137 Å². The van der Waals surface area contributed by atoms with Gasteiger partial charge in [0.2, 0.25) is 0 Å². The van der Waals surface area contributed by atoms with Gasteiger partial charge >= 0.3 is 0 Å². The monoisotopic (exact) mass is 397 g/mol. The van der Waals surface area contributed by atoms with Crippen molar-refractivity contribution in [2.75, 3.05) is 25.6 Å². The minimum absolute atomic E-state index is 0.138. The van der Waals surface area contributed by atoms with E-state index in [4.69, 9.17) is 9.47 Å². The largest absolute Gasteiger partial charge is 0.491 e. The van der Waals surface area contributed by atoms with Gasteiger partial charge in [-0.15, -0.1) is 0 Å². The summed E-state index contributed by atoms with van der Waals surface area (Å²) in [5, 5.41) is 2.86. The lowest BCUT2D eigenvalue weighted by Crippen LogP contribution is -2.12. The van der Waals surface area contributed by atoms with Crippen LogP contribution in [0.3, 0.4) is 0 Å². The molecule has 0 heterocycles. The predicted octanol–water partition coefficient (Wildman–Crippen LogP) is 3.57. The smallest absolute Gasteiger partial charge is 0.255 e. The maximum absolute atomic E-state index is 12.1. The third-order valence-electron chi connectivity index (χ3n) is 2.75. The van der Waals surface area contributed by atoms with Gasteiger partial charge in [0, 0.05) is 28.0 Å². The fourth-order valence-electron chi connectivity index (χ4n) is 1.71. The fraction of sp³-hybridized carbons (Fsp3) is 0.188. The number of anilines is 1. The first kappa shape index (κ1) is 15.8. The van der Waals surface area contributed by atoms with E-state index in [1.165, 1.54) is 0 Å². The first-order valence-electron chi connectivity index (χ1n) is 6.48. The molecule has 110 valence electrons. The lowest BCUT2D eigenvalue weighted by molar-refractivity contribution is 0.102. The molecular weight excluding hydrogens is 381 g/mol. The molecule has 0 aromatic heterocycles. The van der Waals surface area contributed by atoms with Crippen molar-refractivity contribution in [2.45, 2.75) is 0 Å². The van der Waals surface area contributed by atoms with Gasteiger partial charge in [-0.25, -0.2) is 0 Å². The van der Waals surface area contributed by atoms with Crippen LogP contribution in [-0.4, -0.2) is 26.2 Å². The van der Waals surface area contributed by atoms with Crippen LogP contribution in [0.25, 0.3) is 0 Å². The number of hydrogen-bond acceptors (Lipinski definition) is 3. The molecule has 2 aromatic rings. The molecule has 2 rings (SSSR count). The maximum Gasteiger partial charge on any atom is 0.255 e. The number of ether oxygens (including phenoxy) is 2. The van der Waals surface area contributed by atoms with E-state index in [-0.39, 0.29) is 5.91 Å². The van der Waals surface area contributed by atoms with E-state index < -0.39 is 0 Å². The molecule has 1 amide bonds. The van der Waals surface area contributed by atoms with Crippen molar-refractivity contribution in [3.05, 3.63) is 57.7 Å². The SMILES string of the molecule is COCCOc1cccc(NC(=O)c2ccc(I)cc2)c1. The minimum atomic E-state index is -0.138. The number of benzene rings is 2. The first-order chi connectivity index (χ1) is 10.2. The maximum atomic E-state index is 12.1. The summed E-state index contributed by atoms with van der Waals surface area (Å²) in [5.74, 6) is 0.563. The molecule has 5 heteroatoms. The third-order valence-corrected chi connectivity index (χ3v) is 3.47. The first-order valence-corrected chi connectivity index (χ1v) is 7.55. The minimum Gasteiger partial charge on any atom is -0.491 e. The van der Waals surface area contributed by atoms with E-state index in [0.717, 1.165) is 3.57 Å².